The molecule has 0 saturated heterocycles. The Labute approximate surface area is 118 Å². The maximum absolute atomic E-state index is 4.16. The summed E-state index contributed by atoms with van der Waals surface area (Å²) in [6.45, 7) is 1.90. The number of quaternary nitrogens is 1. The summed E-state index contributed by atoms with van der Waals surface area (Å²) in [7, 11) is 4.37. The van der Waals surface area contributed by atoms with Crippen molar-refractivity contribution in [2.45, 2.75) is 13.0 Å². The predicted molar refractivity (Wildman–Crippen MR) is 78.8 cm³/mol. The number of nitrogens with zero attached hydrogens (tertiary/aromatic N) is 3. The van der Waals surface area contributed by atoms with E-state index < -0.39 is 0 Å². The largest absolute Gasteiger partial charge is 0.361 e. The van der Waals surface area contributed by atoms with Crippen LogP contribution >= 0.6 is 0 Å². The zero-order valence-electron chi connectivity index (χ0n) is 11.9. The Bertz CT molecular complexity index is 681. The lowest BCUT2D eigenvalue weighted by molar-refractivity contribution is -0.858. The van der Waals surface area contributed by atoms with Crippen molar-refractivity contribution in [3.05, 3.63) is 48.2 Å². The van der Waals surface area contributed by atoms with Crippen LogP contribution in [-0.2, 0) is 13.0 Å². The predicted octanol–water partition coefficient (Wildman–Crippen LogP) is 0.495. The van der Waals surface area contributed by atoms with E-state index in [1.165, 1.54) is 26.9 Å². The first-order chi connectivity index (χ1) is 9.72. The summed E-state index contributed by atoms with van der Waals surface area (Å²) in [6, 6.07) is 6.54. The fraction of sp³-hybridized carbons (Fsp3) is 0.333. The van der Waals surface area contributed by atoms with Crippen LogP contribution in [-0.4, -0.2) is 40.4 Å². The van der Waals surface area contributed by atoms with Gasteiger partial charge in [0.2, 0.25) is 0 Å². The molecule has 0 radical (unpaired) electrons. The molecule has 2 N–H and O–H groups in total. The molecule has 3 rings (SSSR count). The van der Waals surface area contributed by atoms with E-state index in [1.807, 2.05) is 4.68 Å². The van der Waals surface area contributed by atoms with Gasteiger partial charge in [-0.2, -0.15) is 5.10 Å². The van der Waals surface area contributed by atoms with Gasteiger partial charge in [-0.1, -0.05) is 6.07 Å². The summed E-state index contributed by atoms with van der Waals surface area (Å²) in [4.78, 5) is 8.80. The highest BCUT2D eigenvalue weighted by atomic mass is 15.3. The second-order valence-electron chi connectivity index (χ2n) is 5.49. The maximum atomic E-state index is 4.16. The molecule has 0 bridgehead atoms. The molecule has 0 saturated carbocycles. The molecule has 3 aromatic rings. The van der Waals surface area contributed by atoms with Gasteiger partial charge in [-0.3, -0.25) is 0 Å². The molecule has 0 amide bonds. The lowest BCUT2D eigenvalue weighted by atomic mass is 10.1. The van der Waals surface area contributed by atoms with Crippen molar-refractivity contribution in [1.82, 2.24) is 19.7 Å². The number of aromatic amines is 1. The molecule has 0 aliphatic heterocycles. The summed E-state index contributed by atoms with van der Waals surface area (Å²) >= 11 is 0. The quantitative estimate of drug-likeness (QED) is 0.709. The highest BCUT2D eigenvalue weighted by molar-refractivity contribution is 5.83. The van der Waals surface area contributed by atoms with E-state index in [0.717, 1.165) is 19.5 Å². The van der Waals surface area contributed by atoms with Crippen LogP contribution in [0.25, 0.3) is 10.9 Å². The summed E-state index contributed by atoms with van der Waals surface area (Å²) in [6.07, 6.45) is 6.54. The number of likely N-dealkylation sites (N-methyl/N-ethyl adjacent to an activating group) is 1. The Balaban J connectivity index is 1.86. The molecule has 20 heavy (non-hydrogen) atoms. The van der Waals surface area contributed by atoms with Gasteiger partial charge >= 0.3 is 0 Å². The second kappa shape index (κ2) is 5.46. The fourth-order valence-electron chi connectivity index (χ4n) is 2.42. The van der Waals surface area contributed by atoms with Crippen molar-refractivity contribution >= 4 is 10.9 Å². The van der Waals surface area contributed by atoms with Gasteiger partial charge in [-0.25, -0.2) is 9.67 Å². The van der Waals surface area contributed by atoms with E-state index in [0.29, 0.717) is 0 Å². The highest BCUT2D eigenvalue weighted by Crippen LogP contribution is 2.20. The molecule has 0 atom stereocenters. The maximum Gasteiger partial charge on any atom is 0.137 e. The standard InChI is InChI=1S/C15H19N5/c1-19(2)6-5-13-8-17-15-4-3-12(7-14(13)15)9-20-11-16-10-18-20/h3-4,7-8,10-11,17H,5-6,9H2,1-2H3/p+1. The normalized spacial score (nSPS) is 11.6. The molecule has 1 aromatic carbocycles. The smallest absolute Gasteiger partial charge is 0.137 e. The van der Waals surface area contributed by atoms with Crippen LogP contribution in [0.5, 0.6) is 0 Å². The molecule has 0 spiro atoms. The first-order valence-corrected chi connectivity index (χ1v) is 6.93. The molecular weight excluding hydrogens is 250 g/mol. The second-order valence-corrected chi connectivity index (χ2v) is 5.49. The van der Waals surface area contributed by atoms with Gasteiger partial charge in [-0.15, -0.1) is 0 Å². The minimum absolute atomic E-state index is 0.763. The third-order valence-corrected chi connectivity index (χ3v) is 3.54. The van der Waals surface area contributed by atoms with E-state index in [4.69, 9.17) is 0 Å². The molecule has 2 aromatic heterocycles. The van der Waals surface area contributed by atoms with Crippen molar-refractivity contribution in [3.63, 3.8) is 0 Å². The number of rotatable bonds is 5. The number of hydrogen-bond donors (Lipinski definition) is 2. The number of benzene rings is 1. The van der Waals surface area contributed by atoms with E-state index in [2.05, 4.69) is 53.6 Å². The molecule has 5 heteroatoms. The topological polar surface area (TPSA) is 50.9 Å². The van der Waals surface area contributed by atoms with Crippen molar-refractivity contribution in [3.8, 4) is 0 Å². The number of nitrogens with one attached hydrogen (secondary N) is 2. The SMILES string of the molecule is C[NH+](C)CCc1c[nH]c2ccc(Cn3cncn3)cc12. The zero-order chi connectivity index (χ0) is 13.9. The highest BCUT2D eigenvalue weighted by Gasteiger charge is 2.07. The summed E-state index contributed by atoms with van der Waals surface area (Å²) in [5, 5.41) is 5.48. The molecule has 0 unspecified atom stereocenters. The van der Waals surface area contributed by atoms with Crippen molar-refractivity contribution in [2.75, 3.05) is 20.6 Å². The van der Waals surface area contributed by atoms with Crippen LogP contribution < -0.4 is 4.90 Å². The lowest BCUT2D eigenvalue weighted by Gasteiger charge is -2.06. The summed E-state index contributed by atoms with van der Waals surface area (Å²) in [5.74, 6) is 0. The van der Waals surface area contributed by atoms with E-state index in [-0.39, 0.29) is 0 Å². The van der Waals surface area contributed by atoms with Crippen LogP contribution in [0, 0.1) is 0 Å². The minimum atomic E-state index is 0.763. The van der Waals surface area contributed by atoms with Gasteiger partial charge in [0.15, 0.2) is 0 Å². The molecule has 5 nitrogen and oxygen atoms in total. The van der Waals surface area contributed by atoms with E-state index in [1.54, 1.807) is 12.7 Å². The number of fused-ring (bicyclic) bond motifs is 1. The van der Waals surface area contributed by atoms with Gasteiger partial charge in [0, 0.05) is 23.5 Å². The van der Waals surface area contributed by atoms with Crippen molar-refractivity contribution < 1.29 is 4.90 Å². The average Bonchev–Trinajstić information content (AvgIpc) is 3.05. The number of H-pyrrole nitrogens is 1. The molecule has 0 fully saturated rings. The fourth-order valence-corrected chi connectivity index (χ4v) is 2.42. The summed E-state index contributed by atoms with van der Waals surface area (Å²) in [5.41, 5.74) is 3.85. The Kier molecular flexibility index (Phi) is 3.52. The van der Waals surface area contributed by atoms with Gasteiger partial charge in [0.1, 0.15) is 12.7 Å². The molecule has 2 heterocycles. The average molecular weight is 270 g/mol. The van der Waals surface area contributed by atoms with E-state index >= 15 is 0 Å². The Morgan fingerprint density at radius 1 is 1.30 bits per heavy atom. The van der Waals surface area contributed by atoms with E-state index in [9.17, 15) is 0 Å². The molecule has 0 aliphatic carbocycles. The Morgan fingerprint density at radius 2 is 2.20 bits per heavy atom. The minimum Gasteiger partial charge on any atom is -0.361 e. The molecular formula is C15H20N5+. The first kappa shape index (κ1) is 12.9. The number of hydrogen-bond acceptors (Lipinski definition) is 2. The van der Waals surface area contributed by atoms with Crippen LogP contribution in [0.1, 0.15) is 11.1 Å². The van der Waals surface area contributed by atoms with Crippen molar-refractivity contribution in [1.29, 1.82) is 0 Å². The third kappa shape index (κ3) is 2.72. The van der Waals surface area contributed by atoms with Gasteiger partial charge in [-0.05, 0) is 23.3 Å². The van der Waals surface area contributed by atoms with Gasteiger partial charge < -0.3 is 9.88 Å². The van der Waals surface area contributed by atoms with Crippen molar-refractivity contribution in [2.24, 2.45) is 0 Å². The molecule has 104 valence electrons. The summed E-state index contributed by atoms with van der Waals surface area (Å²) < 4.78 is 1.84. The van der Waals surface area contributed by atoms with Crippen LogP contribution in [0.3, 0.4) is 0 Å². The Hall–Kier alpha value is -2.14. The lowest BCUT2D eigenvalue weighted by Crippen LogP contribution is -3.05. The molecule has 0 aliphatic rings. The van der Waals surface area contributed by atoms with Crippen LogP contribution in [0.4, 0.5) is 0 Å². The van der Waals surface area contributed by atoms with Gasteiger partial charge in [0.05, 0.1) is 27.2 Å². The van der Waals surface area contributed by atoms with Crippen LogP contribution in [0.15, 0.2) is 37.1 Å². The van der Waals surface area contributed by atoms with Crippen LogP contribution in [0.2, 0.25) is 0 Å². The third-order valence-electron chi connectivity index (χ3n) is 3.54. The monoisotopic (exact) mass is 270 g/mol. The zero-order valence-corrected chi connectivity index (χ0v) is 11.9. The number of aromatic nitrogens is 4. The van der Waals surface area contributed by atoms with Gasteiger partial charge in [0.25, 0.3) is 0 Å². The Morgan fingerprint density at radius 3 is 2.95 bits per heavy atom. The first-order valence-electron chi connectivity index (χ1n) is 6.93.